The minimum atomic E-state index is -0.600. The van der Waals surface area contributed by atoms with Crippen molar-refractivity contribution in [1.82, 2.24) is 15.0 Å². The fraction of sp³-hybridized carbons (Fsp3) is 0.441. The molecular weight excluding hydrogens is 530 g/mol. The molecule has 42 heavy (non-hydrogen) atoms. The number of fused-ring (bicyclic) bond motifs is 1. The summed E-state index contributed by atoms with van der Waals surface area (Å²) in [5.74, 6) is 0.368. The maximum Gasteiger partial charge on any atom is 0.306 e. The number of hydrogen-bond donors (Lipinski definition) is 1. The summed E-state index contributed by atoms with van der Waals surface area (Å²) in [6.45, 7) is 10.0. The highest BCUT2D eigenvalue weighted by Crippen LogP contribution is 2.35. The van der Waals surface area contributed by atoms with Crippen LogP contribution in [0.1, 0.15) is 84.9 Å². The molecule has 8 heteroatoms. The largest absolute Gasteiger partial charge is 0.497 e. The van der Waals surface area contributed by atoms with Crippen molar-refractivity contribution in [1.29, 1.82) is 0 Å². The van der Waals surface area contributed by atoms with E-state index in [-0.39, 0.29) is 18.3 Å². The molecule has 1 heterocycles. The number of unbranched alkanes of at least 4 members (excludes halogenated alkanes) is 2. The Kier molecular flexibility index (Phi) is 11.1. The molecule has 8 nitrogen and oxygen atoms in total. The smallest absolute Gasteiger partial charge is 0.306 e. The molecule has 2 atom stereocenters. The van der Waals surface area contributed by atoms with Gasteiger partial charge in [-0.1, -0.05) is 41.6 Å². The highest BCUT2D eigenvalue weighted by atomic mass is 16.5. The van der Waals surface area contributed by atoms with Gasteiger partial charge in [0, 0.05) is 19.1 Å². The minimum Gasteiger partial charge on any atom is -0.497 e. The second-order valence-corrected chi connectivity index (χ2v) is 10.8. The van der Waals surface area contributed by atoms with Gasteiger partial charge in [0.15, 0.2) is 0 Å². The molecule has 3 aromatic carbocycles. The van der Waals surface area contributed by atoms with E-state index >= 15 is 0 Å². The molecule has 0 saturated heterocycles. The first-order chi connectivity index (χ1) is 20.3. The third kappa shape index (κ3) is 7.75. The monoisotopic (exact) mass is 573 g/mol. The Morgan fingerprint density at radius 3 is 2.50 bits per heavy atom. The predicted molar refractivity (Wildman–Crippen MR) is 164 cm³/mol. The molecule has 4 rings (SSSR count). The van der Waals surface area contributed by atoms with E-state index in [9.17, 15) is 9.90 Å². The Morgan fingerprint density at radius 1 is 1.00 bits per heavy atom. The molecule has 0 fully saturated rings. The fourth-order valence-electron chi connectivity index (χ4n) is 5.40. The van der Waals surface area contributed by atoms with Crippen LogP contribution in [0.25, 0.3) is 11.0 Å². The number of nitrogens with zero attached hydrogens (tertiary/aromatic N) is 3. The molecule has 0 radical (unpaired) electrons. The van der Waals surface area contributed by atoms with E-state index in [2.05, 4.69) is 22.4 Å². The molecule has 0 amide bonds. The summed E-state index contributed by atoms with van der Waals surface area (Å²) in [7, 11) is 1.66. The van der Waals surface area contributed by atoms with E-state index in [0.29, 0.717) is 19.8 Å². The number of esters is 1. The lowest BCUT2D eigenvalue weighted by atomic mass is 9.84. The topological polar surface area (TPSA) is 95.7 Å². The quantitative estimate of drug-likeness (QED) is 0.127. The first kappa shape index (κ1) is 31.2. The standard InChI is InChI=1S/C34H43N3O5/c1-6-42-33(39)21-31(27-13-10-23(2)30(20-27)25(4)38)29-16-17-32-34(24(29)3)35-36-37(32)18-8-7-9-19-41-22-26-11-14-28(40-5)15-12-26/h10-17,20,25,31,38H,6-9,18-19,21-22H2,1-5H3/t25-,31?/m0/s1. The number of carbonyl (C=O) groups is 1. The molecule has 1 unspecified atom stereocenters. The van der Waals surface area contributed by atoms with Crippen LogP contribution in [0.2, 0.25) is 0 Å². The van der Waals surface area contributed by atoms with Crippen LogP contribution >= 0.6 is 0 Å². The molecular formula is C34H43N3O5. The van der Waals surface area contributed by atoms with Gasteiger partial charge in [0.2, 0.25) is 0 Å². The lowest BCUT2D eigenvalue weighted by Gasteiger charge is -2.21. The van der Waals surface area contributed by atoms with Gasteiger partial charge in [-0.25, -0.2) is 4.68 Å². The Morgan fingerprint density at radius 2 is 1.79 bits per heavy atom. The van der Waals surface area contributed by atoms with E-state index in [1.54, 1.807) is 14.0 Å². The van der Waals surface area contributed by atoms with Gasteiger partial charge in [-0.15, -0.1) is 5.10 Å². The fourth-order valence-corrected chi connectivity index (χ4v) is 5.40. The predicted octanol–water partition coefficient (Wildman–Crippen LogP) is 6.58. The number of ether oxygens (including phenoxy) is 3. The van der Waals surface area contributed by atoms with E-state index < -0.39 is 6.10 Å². The SMILES string of the molecule is CCOC(=O)CC(c1ccc(C)c([C@H](C)O)c1)c1ccc2c(nnn2CCCCCOCc2ccc(OC)cc2)c1C. The number of methoxy groups -OCH3 is 1. The third-order valence-corrected chi connectivity index (χ3v) is 7.78. The second kappa shape index (κ2) is 14.9. The number of benzene rings is 3. The highest BCUT2D eigenvalue weighted by Gasteiger charge is 2.24. The van der Waals surface area contributed by atoms with Crippen molar-refractivity contribution in [2.24, 2.45) is 0 Å². The third-order valence-electron chi connectivity index (χ3n) is 7.78. The number of aryl methyl sites for hydroxylation is 3. The number of aliphatic hydroxyl groups excluding tert-OH is 1. The lowest BCUT2D eigenvalue weighted by Crippen LogP contribution is -2.13. The van der Waals surface area contributed by atoms with Gasteiger partial charge in [0.05, 0.1) is 38.4 Å². The van der Waals surface area contributed by atoms with Crippen molar-refractivity contribution in [3.05, 3.63) is 88.0 Å². The van der Waals surface area contributed by atoms with Crippen molar-refractivity contribution in [2.75, 3.05) is 20.3 Å². The van der Waals surface area contributed by atoms with E-state index in [1.807, 2.05) is 67.9 Å². The summed E-state index contributed by atoms with van der Waals surface area (Å²) >= 11 is 0. The molecule has 0 spiro atoms. The van der Waals surface area contributed by atoms with Gasteiger partial charge in [0.25, 0.3) is 0 Å². The van der Waals surface area contributed by atoms with Crippen molar-refractivity contribution in [3.63, 3.8) is 0 Å². The van der Waals surface area contributed by atoms with Gasteiger partial charge in [-0.3, -0.25) is 4.79 Å². The number of aliphatic hydroxyl groups is 1. The summed E-state index contributed by atoms with van der Waals surface area (Å²) in [5.41, 5.74) is 7.81. The molecule has 0 aliphatic heterocycles. The van der Waals surface area contributed by atoms with Crippen LogP contribution in [-0.2, 0) is 27.4 Å². The van der Waals surface area contributed by atoms with Gasteiger partial charge < -0.3 is 19.3 Å². The molecule has 1 N–H and O–H groups in total. The minimum absolute atomic E-state index is 0.206. The Bertz CT molecular complexity index is 1460. The second-order valence-electron chi connectivity index (χ2n) is 10.8. The lowest BCUT2D eigenvalue weighted by molar-refractivity contribution is -0.143. The summed E-state index contributed by atoms with van der Waals surface area (Å²) in [6, 6.07) is 18.1. The van der Waals surface area contributed by atoms with Crippen LogP contribution in [0.3, 0.4) is 0 Å². The summed E-state index contributed by atoms with van der Waals surface area (Å²) in [6.07, 6.45) is 2.59. The molecule has 4 aromatic rings. The first-order valence-electron chi connectivity index (χ1n) is 14.8. The number of hydrogen-bond acceptors (Lipinski definition) is 7. The summed E-state index contributed by atoms with van der Waals surface area (Å²) in [5, 5.41) is 19.3. The zero-order valence-corrected chi connectivity index (χ0v) is 25.4. The first-order valence-corrected chi connectivity index (χ1v) is 14.8. The molecule has 224 valence electrons. The van der Waals surface area contributed by atoms with Gasteiger partial charge >= 0.3 is 5.97 Å². The van der Waals surface area contributed by atoms with Gasteiger partial charge in [-0.05, 0) is 98.5 Å². The van der Waals surface area contributed by atoms with Crippen LogP contribution in [0, 0.1) is 13.8 Å². The zero-order chi connectivity index (χ0) is 30.1. The Balaban J connectivity index is 1.41. The molecule has 0 aliphatic carbocycles. The van der Waals surface area contributed by atoms with Crippen LogP contribution in [0.15, 0.2) is 54.6 Å². The van der Waals surface area contributed by atoms with Crippen molar-refractivity contribution < 1.29 is 24.1 Å². The zero-order valence-electron chi connectivity index (χ0n) is 25.4. The van der Waals surface area contributed by atoms with E-state index in [4.69, 9.17) is 14.2 Å². The highest BCUT2D eigenvalue weighted by molar-refractivity contribution is 5.80. The summed E-state index contributed by atoms with van der Waals surface area (Å²) in [4.78, 5) is 12.7. The van der Waals surface area contributed by atoms with Crippen molar-refractivity contribution >= 4 is 17.0 Å². The van der Waals surface area contributed by atoms with Crippen molar-refractivity contribution in [3.8, 4) is 5.75 Å². The van der Waals surface area contributed by atoms with E-state index in [0.717, 1.165) is 76.0 Å². The Hall–Kier alpha value is -3.75. The van der Waals surface area contributed by atoms with Crippen LogP contribution in [0.4, 0.5) is 0 Å². The number of aromatic nitrogens is 3. The summed E-state index contributed by atoms with van der Waals surface area (Å²) < 4.78 is 18.3. The van der Waals surface area contributed by atoms with Crippen LogP contribution < -0.4 is 4.74 Å². The van der Waals surface area contributed by atoms with Gasteiger partial charge in [-0.2, -0.15) is 0 Å². The average Bonchev–Trinajstić information content (AvgIpc) is 3.40. The van der Waals surface area contributed by atoms with E-state index in [1.165, 1.54) is 0 Å². The molecule has 0 aliphatic rings. The maximum atomic E-state index is 12.7. The van der Waals surface area contributed by atoms with Crippen LogP contribution in [0.5, 0.6) is 5.75 Å². The molecule has 1 aromatic heterocycles. The maximum absolute atomic E-state index is 12.7. The van der Waals surface area contributed by atoms with Gasteiger partial charge in [0.1, 0.15) is 11.3 Å². The number of rotatable bonds is 15. The molecule has 0 bridgehead atoms. The molecule has 0 saturated carbocycles. The van der Waals surface area contributed by atoms with Crippen molar-refractivity contribution in [2.45, 2.75) is 78.6 Å². The number of carbonyl (C=O) groups excluding carboxylic acids is 1. The normalized spacial score (nSPS) is 12.8. The Labute approximate surface area is 248 Å². The van der Waals surface area contributed by atoms with Crippen LogP contribution in [-0.4, -0.2) is 46.4 Å². The average molecular weight is 574 g/mol.